The summed E-state index contributed by atoms with van der Waals surface area (Å²) < 4.78 is 13.8. The van der Waals surface area contributed by atoms with Gasteiger partial charge in [0.25, 0.3) is 0 Å². The zero-order valence-electron chi connectivity index (χ0n) is 18.0. The summed E-state index contributed by atoms with van der Waals surface area (Å²) in [6.07, 6.45) is 10.3. The largest absolute Gasteiger partial charge is 0.369 e. The van der Waals surface area contributed by atoms with E-state index in [1.807, 2.05) is 4.90 Å². The molecule has 2 fully saturated rings. The normalized spacial score (nSPS) is 24.0. The molecular formula is C24H34FN3O2. The lowest BCUT2D eigenvalue weighted by molar-refractivity contribution is -0.132. The number of hydrogen-bond acceptors (Lipinski definition) is 3. The molecule has 2 aliphatic carbocycles. The molecule has 1 atom stereocenters. The number of benzene rings is 1. The van der Waals surface area contributed by atoms with Gasteiger partial charge in [0.15, 0.2) is 0 Å². The van der Waals surface area contributed by atoms with E-state index in [1.54, 1.807) is 13.0 Å². The number of primary amides is 1. The number of nitrogens with two attached hydrogens (primary N) is 1. The minimum absolute atomic E-state index is 0.263. The monoisotopic (exact) mass is 415 g/mol. The van der Waals surface area contributed by atoms with Crippen LogP contribution in [0.3, 0.4) is 0 Å². The molecule has 0 bridgehead atoms. The number of hydrogen-bond donors (Lipinski definition) is 1. The third-order valence-electron chi connectivity index (χ3n) is 7.35. The Morgan fingerprint density at radius 3 is 2.60 bits per heavy atom. The summed E-state index contributed by atoms with van der Waals surface area (Å²) in [6, 6.07) is 4.94. The van der Waals surface area contributed by atoms with Crippen LogP contribution in [-0.4, -0.2) is 42.4 Å². The van der Waals surface area contributed by atoms with Crippen LogP contribution in [-0.2, 0) is 15.0 Å². The van der Waals surface area contributed by atoms with Crippen LogP contribution in [0.1, 0.15) is 70.3 Å². The van der Waals surface area contributed by atoms with Crippen LogP contribution in [0.15, 0.2) is 18.2 Å². The lowest BCUT2D eigenvalue weighted by atomic mass is 9.84. The van der Waals surface area contributed by atoms with Crippen molar-refractivity contribution < 1.29 is 14.0 Å². The topological polar surface area (TPSA) is 66.6 Å². The van der Waals surface area contributed by atoms with Crippen molar-refractivity contribution in [3.63, 3.8) is 0 Å². The van der Waals surface area contributed by atoms with Gasteiger partial charge in [0.05, 0.1) is 5.41 Å². The molecule has 2 amide bonds. The first-order valence-electron chi connectivity index (χ1n) is 11.5. The van der Waals surface area contributed by atoms with Gasteiger partial charge in [-0.1, -0.05) is 32.1 Å². The van der Waals surface area contributed by atoms with Crippen molar-refractivity contribution in [3.8, 4) is 0 Å². The van der Waals surface area contributed by atoms with Gasteiger partial charge in [0.1, 0.15) is 5.82 Å². The first-order valence-corrected chi connectivity index (χ1v) is 11.5. The average Bonchev–Trinajstić information content (AvgIpc) is 3.53. The van der Waals surface area contributed by atoms with E-state index in [9.17, 15) is 14.0 Å². The van der Waals surface area contributed by atoms with Gasteiger partial charge >= 0.3 is 0 Å². The van der Waals surface area contributed by atoms with Crippen LogP contribution in [0.25, 0.3) is 0 Å². The van der Waals surface area contributed by atoms with E-state index < -0.39 is 11.3 Å². The van der Waals surface area contributed by atoms with E-state index in [-0.39, 0.29) is 11.7 Å². The molecule has 0 radical (unpaired) electrons. The molecule has 2 saturated carbocycles. The highest BCUT2D eigenvalue weighted by Crippen LogP contribution is 2.41. The molecule has 4 rings (SSSR count). The lowest BCUT2D eigenvalue weighted by Gasteiger charge is -2.29. The Balaban J connectivity index is 1.40. The Bertz CT molecular complexity index is 804. The fraction of sp³-hybridized carbons (Fsp3) is 0.667. The molecule has 2 N–H and O–H groups in total. The van der Waals surface area contributed by atoms with E-state index in [0.29, 0.717) is 43.6 Å². The fourth-order valence-corrected chi connectivity index (χ4v) is 5.26. The molecular weight excluding hydrogens is 381 g/mol. The van der Waals surface area contributed by atoms with Crippen LogP contribution >= 0.6 is 0 Å². The van der Waals surface area contributed by atoms with Gasteiger partial charge in [0.2, 0.25) is 11.8 Å². The minimum atomic E-state index is -0.910. The predicted molar refractivity (Wildman–Crippen MR) is 116 cm³/mol. The van der Waals surface area contributed by atoms with Crippen LogP contribution in [0.4, 0.5) is 10.1 Å². The van der Waals surface area contributed by atoms with E-state index in [2.05, 4.69) is 4.90 Å². The summed E-state index contributed by atoms with van der Waals surface area (Å²) in [6.45, 7) is 3.48. The summed E-state index contributed by atoms with van der Waals surface area (Å²) in [5.74, 6) is 0.166. The number of halogens is 1. The van der Waals surface area contributed by atoms with Crippen molar-refractivity contribution in [1.29, 1.82) is 0 Å². The minimum Gasteiger partial charge on any atom is -0.369 e. The Hall–Kier alpha value is -2.11. The summed E-state index contributed by atoms with van der Waals surface area (Å²) >= 11 is 0. The molecule has 30 heavy (non-hydrogen) atoms. The van der Waals surface area contributed by atoms with Gasteiger partial charge in [-0.15, -0.1) is 0 Å². The molecule has 6 heteroatoms. The maximum atomic E-state index is 13.8. The van der Waals surface area contributed by atoms with Crippen LogP contribution < -0.4 is 10.6 Å². The molecule has 0 spiro atoms. The van der Waals surface area contributed by atoms with Crippen molar-refractivity contribution in [2.24, 2.45) is 11.7 Å². The molecule has 5 nitrogen and oxygen atoms in total. The highest BCUT2D eigenvalue weighted by Gasteiger charge is 2.44. The van der Waals surface area contributed by atoms with Crippen LogP contribution in [0.5, 0.6) is 0 Å². The standard InChI is InChI=1S/C24H34FN3O2/c1-24(23(26)30)16-27(21-11-8-18(25)15-20(21)24)13-14-28(19-9-10-19)22(29)12-7-17-5-3-2-4-6-17/h8,11,15,17,19H,2-7,9-10,12-14,16H2,1H3,(H2,26,30)/t24-/m1/s1. The van der Waals surface area contributed by atoms with Crippen molar-refractivity contribution in [1.82, 2.24) is 4.90 Å². The molecule has 3 aliphatic rings. The lowest BCUT2D eigenvalue weighted by Crippen LogP contribution is -2.45. The second-order valence-corrected chi connectivity index (χ2v) is 9.64. The first-order chi connectivity index (χ1) is 14.4. The van der Waals surface area contributed by atoms with Gasteiger partial charge in [0, 0.05) is 37.8 Å². The molecule has 0 aromatic heterocycles. The Kier molecular flexibility index (Phi) is 6.03. The maximum absolute atomic E-state index is 13.8. The number of anilines is 1. The fourth-order valence-electron chi connectivity index (χ4n) is 5.26. The maximum Gasteiger partial charge on any atom is 0.229 e. The molecule has 0 unspecified atom stereocenters. The van der Waals surface area contributed by atoms with Gasteiger partial charge in [-0.3, -0.25) is 9.59 Å². The van der Waals surface area contributed by atoms with Gasteiger partial charge in [-0.05, 0) is 55.9 Å². The van der Waals surface area contributed by atoms with Gasteiger partial charge in [-0.2, -0.15) is 0 Å². The zero-order valence-corrected chi connectivity index (χ0v) is 18.0. The van der Waals surface area contributed by atoms with Crippen LogP contribution in [0, 0.1) is 11.7 Å². The number of carbonyl (C=O) groups excluding carboxylic acids is 2. The molecule has 0 saturated heterocycles. The summed E-state index contributed by atoms with van der Waals surface area (Å²) in [4.78, 5) is 29.3. The molecule has 1 aliphatic heterocycles. The Morgan fingerprint density at radius 2 is 1.93 bits per heavy atom. The van der Waals surface area contributed by atoms with E-state index in [0.717, 1.165) is 24.9 Å². The number of rotatable bonds is 8. The average molecular weight is 416 g/mol. The molecule has 1 heterocycles. The number of amides is 2. The van der Waals surface area contributed by atoms with Crippen molar-refractivity contribution in [3.05, 3.63) is 29.6 Å². The second kappa shape index (κ2) is 8.56. The highest BCUT2D eigenvalue weighted by atomic mass is 19.1. The number of carbonyl (C=O) groups is 2. The van der Waals surface area contributed by atoms with Crippen molar-refractivity contribution >= 4 is 17.5 Å². The Labute approximate surface area is 178 Å². The number of nitrogens with zero attached hydrogens (tertiary/aromatic N) is 2. The molecule has 1 aromatic carbocycles. The second-order valence-electron chi connectivity index (χ2n) is 9.64. The SMILES string of the molecule is C[C@@]1(C(N)=O)CN(CCN(C(=O)CCC2CCCCC2)C2CC2)c2ccc(F)cc21. The summed E-state index contributed by atoms with van der Waals surface area (Å²) in [5.41, 5.74) is 6.27. The summed E-state index contributed by atoms with van der Waals surface area (Å²) in [7, 11) is 0. The molecule has 164 valence electrons. The van der Waals surface area contributed by atoms with E-state index >= 15 is 0 Å². The summed E-state index contributed by atoms with van der Waals surface area (Å²) in [5, 5.41) is 0. The first kappa shape index (κ1) is 21.1. The van der Waals surface area contributed by atoms with E-state index in [4.69, 9.17) is 5.73 Å². The van der Waals surface area contributed by atoms with Crippen molar-refractivity contribution in [2.75, 3.05) is 24.5 Å². The third-order valence-corrected chi connectivity index (χ3v) is 7.35. The Morgan fingerprint density at radius 1 is 1.20 bits per heavy atom. The van der Waals surface area contributed by atoms with Gasteiger partial charge in [-0.25, -0.2) is 4.39 Å². The highest BCUT2D eigenvalue weighted by molar-refractivity contribution is 5.91. The smallest absolute Gasteiger partial charge is 0.229 e. The van der Waals surface area contributed by atoms with E-state index in [1.165, 1.54) is 44.2 Å². The third kappa shape index (κ3) is 4.33. The number of fused-ring (bicyclic) bond motifs is 1. The molecule has 1 aromatic rings. The zero-order chi connectivity index (χ0) is 21.3. The van der Waals surface area contributed by atoms with Crippen LogP contribution in [0.2, 0.25) is 0 Å². The van der Waals surface area contributed by atoms with Crippen molar-refractivity contribution in [2.45, 2.75) is 76.2 Å². The van der Waals surface area contributed by atoms with Gasteiger partial charge < -0.3 is 15.5 Å². The quantitative estimate of drug-likeness (QED) is 0.703. The predicted octanol–water partition coefficient (Wildman–Crippen LogP) is 3.74.